The van der Waals surface area contributed by atoms with Crippen molar-refractivity contribution in [3.63, 3.8) is 0 Å². The number of nitriles is 1. The molecule has 0 aromatic carbocycles. The number of aliphatic imine (C=N–C) groups is 1. The van der Waals surface area contributed by atoms with Crippen LogP contribution in [0, 0.1) is 11.3 Å². The van der Waals surface area contributed by atoms with Crippen LogP contribution in [0.4, 0.5) is 0 Å². The lowest BCUT2D eigenvalue weighted by atomic mass is 10.1. The van der Waals surface area contributed by atoms with E-state index in [2.05, 4.69) is 26.7 Å². The van der Waals surface area contributed by atoms with E-state index in [1.807, 2.05) is 31.3 Å². The maximum atomic E-state index is 9.45. The highest BCUT2D eigenvalue weighted by molar-refractivity contribution is 5.91. The molecule has 5 heteroatoms. The van der Waals surface area contributed by atoms with Crippen LogP contribution >= 0.6 is 0 Å². The standard InChI is InChI=1S/C15H15N5/c1-10-9-18-15(19-11-5-6-11)20-14(10)12(8-16)13-4-2-3-7-17-13/h2-4,7,9,11H,5-6H2,1H3,(H2,18,19,20). The number of guanidine groups is 1. The van der Waals surface area contributed by atoms with Gasteiger partial charge in [-0.2, -0.15) is 5.26 Å². The minimum absolute atomic E-state index is 0.415. The van der Waals surface area contributed by atoms with Gasteiger partial charge in [-0.05, 0) is 37.5 Å². The van der Waals surface area contributed by atoms with E-state index in [0.29, 0.717) is 23.3 Å². The monoisotopic (exact) mass is 265 g/mol. The number of hydrogen-bond donors (Lipinski definition) is 2. The molecule has 1 aliphatic heterocycles. The van der Waals surface area contributed by atoms with Crippen LogP contribution in [-0.2, 0) is 0 Å². The SMILES string of the molecule is CC1=CNC(=NC2CC2)NC1=C(C#N)c1ccccn1. The van der Waals surface area contributed by atoms with E-state index in [1.54, 1.807) is 6.20 Å². The van der Waals surface area contributed by atoms with Crippen LogP contribution in [0.1, 0.15) is 25.5 Å². The maximum Gasteiger partial charge on any atom is 0.200 e. The van der Waals surface area contributed by atoms with Gasteiger partial charge in [-0.25, -0.2) is 4.99 Å². The van der Waals surface area contributed by atoms with Gasteiger partial charge in [0.1, 0.15) is 11.6 Å². The molecule has 2 aliphatic rings. The van der Waals surface area contributed by atoms with Gasteiger partial charge in [0.15, 0.2) is 5.96 Å². The molecular weight excluding hydrogens is 250 g/mol. The number of hydrogen-bond acceptors (Lipinski definition) is 3. The summed E-state index contributed by atoms with van der Waals surface area (Å²) in [6.45, 7) is 1.95. The van der Waals surface area contributed by atoms with Crippen molar-refractivity contribution in [3.8, 4) is 6.07 Å². The number of allylic oxidation sites excluding steroid dienone is 2. The molecule has 2 heterocycles. The highest BCUT2D eigenvalue weighted by atomic mass is 15.2. The third-order valence-corrected chi connectivity index (χ3v) is 3.20. The summed E-state index contributed by atoms with van der Waals surface area (Å²) in [5.74, 6) is 0.705. The number of nitrogens with zero attached hydrogens (tertiary/aromatic N) is 3. The molecule has 0 bridgehead atoms. The predicted octanol–water partition coefficient (Wildman–Crippen LogP) is 1.93. The van der Waals surface area contributed by atoms with Crippen molar-refractivity contribution in [2.75, 3.05) is 0 Å². The van der Waals surface area contributed by atoms with Crippen molar-refractivity contribution in [1.82, 2.24) is 15.6 Å². The molecule has 0 unspecified atom stereocenters. The van der Waals surface area contributed by atoms with Gasteiger partial charge < -0.3 is 10.6 Å². The van der Waals surface area contributed by atoms with Gasteiger partial charge in [0.25, 0.3) is 0 Å². The highest BCUT2D eigenvalue weighted by Gasteiger charge is 2.23. The maximum absolute atomic E-state index is 9.45. The van der Waals surface area contributed by atoms with Gasteiger partial charge in [0.2, 0.25) is 0 Å². The smallest absolute Gasteiger partial charge is 0.200 e. The summed E-state index contributed by atoms with van der Waals surface area (Å²) in [4.78, 5) is 8.78. The Bertz CT molecular complexity index is 645. The first-order chi connectivity index (χ1) is 9.78. The van der Waals surface area contributed by atoms with E-state index in [9.17, 15) is 5.26 Å². The molecule has 100 valence electrons. The molecule has 1 aromatic heterocycles. The van der Waals surface area contributed by atoms with Gasteiger partial charge in [0.05, 0.1) is 17.4 Å². The van der Waals surface area contributed by atoms with E-state index >= 15 is 0 Å². The molecule has 1 aliphatic carbocycles. The molecule has 5 nitrogen and oxygen atoms in total. The van der Waals surface area contributed by atoms with E-state index in [4.69, 9.17) is 0 Å². The van der Waals surface area contributed by atoms with Crippen molar-refractivity contribution in [1.29, 1.82) is 5.26 Å². The summed E-state index contributed by atoms with van der Waals surface area (Å²) in [6.07, 6.45) is 5.83. The molecule has 3 rings (SSSR count). The molecule has 0 atom stereocenters. The summed E-state index contributed by atoms with van der Waals surface area (Å²) < 4.78 is 0. The Balaban J connectivity index is 2.00. The largest absolute Gasteiger partial charge is 0.332 e. The Hall–Kier alpha value is -2.61. The molecule has 1 fully saturated rings. The average Bonchev–Trinajstić information content (AvgIpc) is 3.28. The van der Waals surface area contributed by atoms with Crippen molar-refractivity contribution >= 4 is 11.5 Å². The summed E-state index contributed by atoms with van der Waals surface area (Å²) in [6, 6.07) is 8.20. The first-order valence-corrected chi connectivity index (χ1v) is 6.62. The zero-order chi connectivity index (χ0) is 13.9. The summed E-state index contributed by atoms with van der Waals surface area (Å²) in [5, 5.41) is 15.8. The minimum atomic E-state index is 0.415. The van der Waals surface area contributed by atoms with Crippen LogP contribution in [0.2, 0.25) is 0 Å². The highest BCUT2D eigenvalue weighted by Crippen LogP contribution is 2.25. The second-order valence-electron chi connectivity index (χ2n) is 4.88. The van der Waals surface area contributed by atoms with Crippen LogP contribution in [0.15, 0.2) is 46.9 Å². The molecule has 2 N–H and O–H groups in total. The van der Waals surface area contributed by atoms with Crippen molar-refractivity contribution < 1.29 is 0 Å². The van der Waals surface area contributed by atoms with Crippen LogP contribution in [0.5, 0.6) is 0 Å². The molecule has 0 radical (unpaired) electrons. The fraction of sp³-hybridized carbons (Fsp3) is 0.267. The van der Waals surface area contributed by atoms with E-state index < -0.39 is 0 Å². The number of aromatic nitrogens is 1. The van der Waals surface area contributed by atoms with Crippen molar-refractivity contribution in [3.05, 3.63) is 47.6 Å². The predicted molar refractivity (Wildman–Crippen MR) is 77.3 cm³/mol. The summed E-state index contributed by atoms with van der Waals surface area (Å²) >= 11 is 0. The average molecular weight is 265 g/mol. The van der Waals surface area contributed by atoms with E-state index in [-0.39, 0.29) is 0 Å². The molecule has 1 saturated carbocycles. The lowest BCUT2D eigenvalue weighted by Crippen LogP contribution is -2.39. The van der Waals surface area contributed by atoms with Gasteiger partial charge >= 0.3 is 0 Å². The zero-order valence-corrected chi connectivity index (χ0v) is 11.2. The van der Waals surface area contributed by atoms with Crippen LogP contribution in [0.3, 0.4) is 0 Å². The fourth-order valence-corrected chi connectivity index (χ4v) is 1.97. The number of rotatable bonds is 2. The van der Waals surface area contributed by atoms with Crippen LogP contribution < -0.4 is 10.6 Å². The minimum Gasteiger partial charge on any atom is -0.332 e. The Morgan fingerprint density at radius 3 is 2.95 bits per heavy atom. The van der Waals surface area contributed by atoms with Gasteiger partial charge in [0, 0.05) is 12.4 Å². The normalized spacial score (nSPS) is 22.4. The lowest BCUT2D eigenvalue weighted by Gasteiger charge is -2.21. The van der Waals surface area contributed by atoms with Gasteiger partial charge in [-0.1, -0.05) is 6.07 Å². The first kappa shape index (κ1) is 12.4. The summed E-state index contributed by atoms with van der Waals surface area (Å²) in [5.41, 5.74) is 2.92. The van der Waals surface area contributed by atoms with Crippen molar-refractivity contribution in [2.45, 2.75) is 25.8 Å². The quantitative estimate of drug-likeness (QED) is 0.801. The molecule has 0 saturated heterocycles. The van der Waals surface area contributed by atoms with Gasteiger partial charge in [-0.3, -0.25) is 4.98 Å². The van der Waals surface area contributed by atoms with Crippen molar-refractivity contribution in [2.24, 2.45) is 4.99 Å². The topological polar surface area (TPSA) is 73.1 Å². The third kappa shape index (κ3) is 2.54. The van der Waals surface area contributed by atoms with E-state index in [1.165, 1.54) is 0 Å². The lowest BCUT2D eigenvalue weighted by molar-refractivity contribution is 0.935. The molecule has 0 amide bonds. The van der Waals surface area contributed by atoms with Crippen LogP contribution in [0.25, 0.3) is 5.57 Å². The Morgan fingerprint density at radius 2 is 2.30 bits per heavy atom. The molecule has 1 aromatic rings. The second kappa shape index (κ2) is 5.17. The zero-order valence-electron chi connectivity index (χ0n) is 11.2. The number of pyridine rings is 1. The molecule has 20 heavy (non-hydrogen) atoms. The fourth-order valence-electron chi connectivity index (χ4n) is 1.97. The summed E-state index contributed by atoms with van der Waals surface area (Å²) in [7, 11) is 0. The van der Waals surface area contributed by atoms with Crippen LogP contribution in [-0.4, -0.2) is 17.0 Å². The third-order valence-electron chi connectivity index (χ3n) is 3.20. The Kier molecular flexibility index (Phi) is 3.21. The number of nitrogens with one attached hydrogen (secondary N) is 2. The Labute approximate surface area is 117 Å². The molecule has 0 spiro atoms. The second-order valence-corrected chi connectivity index (χ2v) is 4.88. The first-order valence-electron chi connectivity index (χ1n) is 6.62. The Morgan fingerprint density at radius 1 is 1.45 bits per heavy atom. The van der Waals surface area contributed by atoms with Gasteiger partial charge in [-0.15, -0.1) is 0 Å². The molecular formula is C15H15N5. The van der Waals surface area contributed by atoms with E-state index in [0.717, 1.165) is 24.1 Å².